The maximum atomic E-state index is 9.29. The smallest absolute Gasteiger partial charge is 0.175 e. The highest BCUT2D eigenvalue weighted by atomic mass is 79.9. The minimum Gasteiger partial charge on any atom is -0.493 e. The molecule has 0 fully saturated rings. The second-order valence-electron chi connectivity index (χ2n) is 4.44. The van der Waals surface area contributed by atoms with Gasteiger partial charge in [0.25, 0.3) is 0 Å². The molecule has 20 heavy (non-hydrogen) atoms. The largest absolute Gasteiger partial charge is 0.493 e. The number of aliphatic hydroxyl groups is 1. The van der Waals surface area contributed by atoms with Crippen molar-refractivity contribution in [1.29, 1.82) is 0 Å². The van der Waals surface area contributed by atoms with E-state index in [1.807, 2.05) is 12.1 Å². The van der Waals surface area contributed by atoms with E-state index in [9.17, 15) is 5.11 Å². The van der Waals surface area contributed by atoms with E-state index in [2.05, 4.69) is 21.2 Å². The van der Waals surface area contributed by atoms with E-state index in [1.165, 1.54) is 0 Å². The molecule has 1 aromatic rings. The predicted octanol–water partition coefficient (Wildman–Crippen LogP) is 1.95. The Morgan fingerprint density at radius 2 is 2.10 bits per heavy atom. The van der Waals surface area contributed by atoms with E-state index < -0.39 is 6.10 Å². The van der Waals surface area contributed by atoms with Gasteiger partial charge in [-0.1, -0.05) is 0 Å². The van der Waals surface area contributed by atoms with Crippen LogP contribution in [0.15, 0.2) is 16.6 Å². The van der Waals surface area contributed by atoms with Crippen LogP contribution in [0, 0.1) is 0 Å². The maximum absolute atomic E-state index is 9.29. The van der Waals surface area contributed by atoms with Gasteiger partial charge in [0.2, 0.25) is 0 Å². The molecular weight excluding hydrogens is 326 g/mol. The Morgan fingerprint density at radius 1 is 1.35 bits per heavy atom. The number of ether oxygens (including phenoxy) is 3. The Bertz CT molecular complexity index is 412. The van der Waals surface area contributed by atoms with Gasteiger partial charge in [-0.25, -0.2) is 0 Å². The summed E-state index contributed by atoms with van der Waals surface area (Å²) in [6.07, 6.45) is -0.526. The summed E-state index contributed by atoms with van der Waals surface area (Å²) < 4.78 is 16.7. The van der Waals surface area contributed by atoms with Crippen molar-refractivity contribution in [3.05, 3.63) is 22.2 Å². The molecule has 0 aromatic heterocycles. The van der Waals surface area contributed by atoms with Crippen LogP contribution < -0.4 is 14.8 Å². The standard InChI is InChI=1S/C14H22BrNO4/c1-10(17)9-20-14-12(15)6-11(7-13(14)19-3)8-16-4-5-18-2/h6-7,10,16-17H,4-5,8-9H2,1-3H3. The molecule has 0 amide bonds. The maximum Gasteiger partial charge on any atom is 0.175 e. The highest BCUT2D eigenvalue weighted by Crippen LogP contribution is 2.36. The SMILES string of the molecule is COCCNCc1cc(Br)c(OCC(C)O)c(OC)c1. The molecule has 0 saturated carbocycles. The van der Waals surface area contributed by atoms with Crippen molar-refractivity contribution < 1.29 is 19.3 Å². The molecule has 1 aromatic carbocycles. The zero-order chi connectivity index (χ0) is 15.0. The minimum absolute atomic E-state index is 0.223. The van der Waals surface area contributed by atoms with Gasteiger partial charge in [-0.2, -0.15) is 0 Å². The molecule has 0 bridgehead atoms. The van der Waals surface area contributed by atoms with Gasteiger partial charge in [0, 0.05) is 20.2 Å². The number of benzene rings is 1. The van der Waals surface area contributed by atoms with Crippen molar-refractivity contribution in [3.8, 4) is 11.5 Å². The number of methoxy groups -OCH3 is 2. The van der Waals surface area contributed by atoms with Gasteiger partial charge in [-0.05, 0) is 40.5 Å². The van der Waals surface area contributed by atoms with Crippen LogP contribution in [0.3, 0.4) is 0 Å². The van der Waals surface area contributed by atoms with E-state index in [1.54, 1.807) is 21.1 Å². The highest BCUT2D eigenvalue weighted by Gasteiger charge is 2.12. The summed E-state index contributed by atoms with van der Waals surface area (Å²) in [4.78, 5) is 0. The lowest BCUT2D eigenvalue weighted by molar-refractivity contribution is 0.120. The van der Waals surface area contributed by atoms with E-state index in [4.69, 9.17) is 14.2 Å². The monoisotopic (exact) mass is 347 g/mol. The average Bonchev–Trinajstić information content (AvgIpc) is 2.41. The van der Waals surface area contributed by atoms with Crippen LogP contribution in [-0.2, 0) is 11.3 Å². The van der Waals surface area contributed by atoms with Gasteiger partial charge in [0.1, 0.15) is 6.61 Å². The fraction of sp³-hybridized carbons (Fsp3) is 0.571. The quantitative estimate of drug-likeness (QED) is 0.668. The molecule has 1 rings (SSSR count). The number of hydrogen-bond acceptors (Lipinski definition) is 5. The first-order valence-electron chi connectivity index (χ1n) is 6.45. The van der Waals surface area contributed by atoms with Crippen molar-refractivity contribution in [2.45, 2.75) is 19.6 Å². The van der Waals surface area contributed by atoms with Gasteiger partial charge in [0.15, 0.2) is 11.5 Å². The predicted molar refractivity (Wildman–Crippen MR) is 81.5 cm³/mol. The molecule has 1 unspecified atom stereocenters. The normalized spacial score (nSPS) is 12.2. The first-order chi connectivity index (χ1) is 9.58. The highest BCUT2D eigenvalue weighted by molar-refractivity contribution is 9.10. The Kier molecular flexibility index (Phi) is 7.91. The van der Waals surface area contributed by atoms with E-state index >= 15 is 0 Å². The second-order valence-corrected chi connectivity index (χ2v) is 5.29. The van der Waals surface area contributed by atoms with Crippen molar-refractivity contribution in [3.63, 3.8) is 0 Å². The summed E-state index contributed by atoms with van der Waals surface area (Å²) in [6.45, 7) is 4.08. The van der Waals surface area contributed by atoms with E-state index in [-0.39, 0.29) is 6.61 Å². The number of rotatable bonds is 9. The lowest BCUT2D eigenvalue weighted by atomic mass is 10.2. The molecule has 0 aliphatic rings. The van der Waals surface area contributed by atoms with Crippen LogP contribution in [0.2, 0.25) is 0 Å². The molecule has 0 spiro atoms. The minimum atomic E-state index is -0.526. The van der Waals surface area contributed by atoms with Crippen molar-refractivity contribution in [2.24, 2.45) is 0 Å². The summed E-state index contributed by atoms with van der Waals surface area (Å²) in [6, 6.07) is 3.89. The van der Waals surface area contributed by atoms with Crippen molar-refractivity contribution in [2.75, 3.05) is 34.0 Å². The van der Waals surface area contributed by atoms with Crippen LogP contribution in [0.1, 0.15) is 12.5 Å². The van der Waals surface area contributed by atoms with E-state index in [0.29, 0.717) is 18.1 Å². The topological polar surface area (TPSA) is 60.0 Å². The molecule has 0 aliphatic heterocycles. The molecule has 5 nitrogen and oxygen atoms in total. The molecule has 0 aliphatic carbocycles. The van der Waals surface area contributed by atoms with Gasteiger partial charge in [-0.3, -0.25) is 0 Å². The summed E-state index contributed by atoms with van der Waals surface area (Å²) in [5.41, 5.74) is 1.08. The molecule has 114 valence electrons. The second kappa shape index (κ2) is 9.18. The molecule has 0 heterocycles. The molecule has 0 radical (unpaired) electrons. The summed E-state index contributed by atoms with van der Waals surface area (Å²) in [5.74, 6) is 1.25. The molecule has 0 saturated heterocycles. The zero-order valence-electron chi connectivity index (χ0n) is 12.1. The fourth-order valence-electron chi connectivity index (χ4n) is 1.63. The van der Waals surface area contributed by atoms with Crippen molar-refractivity contribution >= 4 is 15.9 Å². The zero-order valence-corrected chi connectivity index (χ0v) is 13.7. The average molecular weight is 348 g/mol. The van der Waals surface area contributed by atoms with Gasteiger partial charge < -0.3 is 24.6 Å². The van der Waals surface area contributed by atoms with Crippen molar-refractivity contribution in [1.82, 2.24) is 5.32 Å². The Labute approximate surface area is 128 Å². The third kappa shape index (κ3) is 5.66. The summed E-state index contributed by atoms with van der Waals surface area (Å²) >= 11 is 3.47. The fourth-order valence-corrected chi connectivity index (χ4v) is 2.23. The Hall–Kier alpha value is -0.820. The molecular formula is C14H22BrNO4. The number of halogens is 1. The van der Waals surface area contributed by atoms with Crippen LogP contribution >= 0.6 is 15.9 Å². The van der Waals surface area contributed by atoms with Gasteiger partial charge >= 0.3 is 0 Å². The van der Waals surface area contributed by atoms with Gasteiger partial charge in [-0.15, -0.1) is 0 Å². The summed E-state index contributed by atoms with van der Waals surface area (Å²) in [7, 11) is 3.27. The number of nitrogens with one attached hydrogen (secondary N) is 1. The number of hydrogen-bond donors (Lipinski definition) is 2. The lowest BCUT2D eigenvalue weighted by Crippen LogP contribution is -2.18. The summed E-state index contributed by atoms with van der Waals surface area (Å²) in [5, 5.41) is 12.6. The lowest BCUT2D eigenvalue weighted by Gasteiger charge is -2.15. The molecule has 1 atom stereocenters. The van der Waals surface area contributed by atoms with Crippen LogP contribution in [0.25, 0.3) is 0 Å². The Balaban J connectivity index is 2.73. The number of aliphatic hydroxyl groups excluding tert-OH is 1. The van der Waals surface area contributed by atoms with Gasteiger partial charge in [0.05, 0.1) is 24.3 Å². The first-order valence-corrected chi connectivity index (χ1v) is 7.24. The molecule has 2 N–H and O–H groups in total. The third-order valence-corrected chi connectivity index (χ3v) is 3.16. The molecule has 6 heteroatoms. The van der Waals surface area contributed by atoms with Crippen LogP contribution in [0.4, 0.5) is 0 Å². The third-order valence-electron chi connectivity index (χ3n) is 2.57. The van der Waals surface area contributed by atoms with E-state index in [0.717, 1.165) is 23.1 Å². The Morgan fingerprint density at radius 3 is 2.70 bits per heavy atom. The van der Waals surface area contributed by atoms with Crippen LogP contribution in [-0.4, -0.2) is 45.2 Å². The first kappa shape index (κ1) is 17.2. The van der Waals surface area contributed by atoms with Crippen LogP contribution in [0.5, 0.6) is 11.5 Å².